The number of urea groups is 1. The molecular formula is C19H25ClN2O4. The minimum atomic E-state index is -0.745. The van der Waals surface area contributed by atoms with E-state index < -0.39 is 5.97 Å². The summed E-state index contributed by atoms with van der Waals surface area (Å²) in [6.45, 7) is 1.10. The molecule has 1 saturated carbocycles. The summed E-state index contributed by atoms with van der Waals surface area (Å²) in [6.07, 6.45) is 2.60. The third-order valence-corrected chi connectivity index (χ3v) is 5.92. The average Bonchev–Trinajstić information content (AvgIpc) is 3.07. The van der Waals surface area contributed by atoms with Gasteiger partial charge in [-0.2, -0.15) is 0 Å². The van der Waals surface area contributed by atoms with Crippen LogP contribution in [-0.4, -0.2) is 52.9 Å². The number of nitrogens with one attached hydrogen (secondary N) is 1. The van der Waals surface area contributed by atoms with E-state index in [-0.39, 0.29) is 36.4 Å². The number of likely N-dealkylation sites (tertiary alicyclic amines) is 1. The predicted octanol–water partition coefficient (Wildman–Crippen LogP) is 2.70. The van der Waals surface area contributed by atoms with Crippen molar-refractivity contribution in [1.29, 1.82) is 0 Å². The number of rotatable bonds is 4. The summed E-state index contributed by atoms with van der Waals surface area (Å²) in [5.74, 6) is -0.940. The van der Waals surface area contributed by atoms with Crippen LogP contribution in [-0.2, 0) is 4.79 Å². The number of nitrogens with zero attached hydrogens (tertiary/aromatic N) is 1. The highest BCUT2D eigenvalue weighted by Crippen LogP contribution is 2.33. The molecule has 3 rings (SSSR count). The Kier molecular flexibility index (Phi) is 6.04. The summed E-state index contributed by atoms with van der Waals surface area (Å²) >= 11 is 5.95. The van der Waals surface area contributed by atoms with E-state index in [1.54, 1.807) is 4.90 Å². The Hall–Kier alpha value is -1.79. The van der Waals surface area contributed by atoms with Gasteiger partial charge in [-0.05, 0) is 43.4 Å². The lowest BCUT2D eigenvalue weighted by molar-refractivity contribution is -0.142. The fraction of sp³-hybridized carbons (Fsp3) is 0.579. The molecule has 0 unspecified atom stereocenters. The first-order valence-electron chi connectivity index (χ1n) is 9.12. The molecule has 1 heterocycles. The second-order valence-corrected chi connectivity index (χ2v) is 7.78. The number of carboxylic acid groups (broad SMARTS) is 1. The van der Waals surface area contributed by atoms with E-state index in [1.165, 1.54) is 0 Å². The largest absolute Gasteiger partial charge is 0.481 e. The van der Waals surface area contributed by atoms with Crippen molar-refractivity contribution in [1.82, 2.24) is 10.2 Å². The zero-order chi connectivity index (χ0) is 18.7. The van der Waals surface area contributed by atoms with Crippen molar-refractivity contribution in [2.75, 3.05) is 19.7 Å². The molecule has 1 aliphatic heterocycles. The van der Waals surface area contributed by atoms with E-state index in [9.17, 15) is 14.7 Å². The summed E-state index contributed by atoms with van der Waals surface area (Å²) in [5.41, 5.74) is 1.07. The Morgan fingerprint density at radius 1 is 1.12 bits per heavy atom. The lowest BCUT2D eigenvalue weighted by Gasteiger charge is -2.28. The Morgan fingerprint density at radius 2 is 1.77 bits per heavy atom. The van der Waals surface area contributed by atoms with Gasteiger partial charge in [-0.25, -0.2) is 4.79 Å². The molecule has 3 N–H and O–H groups in total. The van der Waals surface area contributed by atoms with Gasteiger partial charge in [0, 0.05) is 42.6 Å². The molecule has 2 atom stereocenters. The van der Waals surface area contributed by atoms with Crippen LogP contribution in [0.2, 0.25) is 5.02 Å². The molecule has 142 valence electrons. The maximum atomic E-state index is 12.6. The third-order valence-electron chi connectivity index (χ3n) is 5.66. The van der Waals surface area contributed by atoms with Gasteiger partial charge in [0.1, 0.15) is 0 Å². The normalized spacial score (nSPS) is 28.8. The van der Waals surface area contributed by atoms with Crippen LogP contribution in [0.3, 0.4) is 0 Å². The van der Waals surface area contributed by atoms with Crippen LogP contribution in [0.25, 0.3) is 0 Å². The van der Waals surface area contributed by atoms with Crippen molar-refractivity contribution in [2.45, 2.75) is 37.6 Å². The van der Waals surface area contributed by atoms with Crippen molar-refractivity contribution in [3.05, 3.63) is 34.9 Å². The number of hydrogen-bond donors (Lipinski definition) is 3. The van der Waals surface area contributed by atoms with Gasteiger partial charge in [0.25, 0.3) is 0 Å². The Balaban J connectivity index is 1.57. The number of aliphatic carboxylic acids is 1. The van der Waals surface area contributed by atoms with Crippen LogP contribution in [0.1, 0.15) is 37.2 Å². The standard InChI is InChI=1S/C19H25ClN2O4/c20-15-5-1-12(2-6-15)17-10-22(9-14(17)11-23)19(26)21-16-7-3-13(4-8-16)18(24)25/h1-2,5-6,13-14,16-17,23H,3-4,7-11H2,(H,21,26)(H,24,25)/t13?,14-,16?,17-/m0/s1. The van der Waals surface area contributed by atoms with Gasteiger partial charge in [-0.3, -0.25) is 4.79 Å². The lowest BCUT2D eigenvalue weighted by atomic mass is 9.86. The van der Waals surface area contributed by atoms with Gasteiger partial charge in [0.05, 0.1) is 5.92 Å². The van der Waals surface area contributed by atoms with Gasteiger partial charge in [-0.15, -0.1) is 0 Å². The first-order valence-corrected chi connectivity index (χ1v) is 9.50. The third kappa shape index (κ3) is 4.30. The zero-order valence-corrected chi connectivity index (χ0v) is 15.4. The highest BCUT2D eigenvalue weighted by atomic mass is 35.5. The molecule has 0 bridgehead atoms. The number of amides is 2. The van der Waals surface area contributed by atoms with E-state index in [0.29, 0.717) is 43.8 Å². The van der Waals surface area contributed by atoms with E-state index >= 15 is 0 Å². The number of halogens is 1. The van der Waals surface area contributed by atoms with Crippen LogP contribution in [0.4, 0.5) is 4.79 Å². The number of carboxylic acids is 1. The Bertz CT molecular complexity index is 643. The molecule has 1 aliphatic carbocycles. The summed E-state index contributed by atoms with van der Waals surface area (Å²) in [6, 6.07) is 7.46. The first kappa shape index (κ1) is 19.0. The minimum absolute atomic E-state index is 0.00433. The SMILES string of the molecule is O=C(O)C1CCC(NC(=O)N2C[C@@H](CO)[C@H](c3ccc(Cl)cc3)C2)CC1. The topological polar surface area (TPSA) is 89.9 Å². The van der Waals surface area contributed by atoms with Crippen molar-refractivity contribution < 1.29 is 19.8 Å². The highest BCUT2D eigenvalue weighted by molar-refractivity contribution is 6.30. The molecular weight excluding hydrogens is 356 g/mol. The summed E-state index contributed by atoms with van der Waals surface area (Å²) in [5, 5.41) is 22.5. The molecule has 6 nitrogen and oxygen atoms in total. The van der Waals surface area contributed by atoms with Gasteiger partial charge in [0.2, 0.25) is 0 Å². The van der Waals surface area contributed by atoms with Gasteiger partial charge in [-0.1, -0.05) is 23.7 Å². The molecule has 0 spiro atoms. The maximum Gasteiger partial charge on any atom is 0.317 e. The predicted molar refractivity (Wildman–Crippen MR) is 98.3 cm³/mol. The van der Waals surface area contributed by atoms with E-state index in [2.05, 4.69) is 5.32 Å². The fourth-order valence-corrected chi connectivity index (χ4v) is 4.19. The van der Waals surface area contributed by atoms with Crippen LogP contribution in [0.15, 0.2) is 24.3 Å². The number of carbonyl (C=O) groups is 2. The van der Waals surface area contributed by atoms with Crippen LogP contribution < -0.4 is 5.32 Å². The second-order valence-electron chi connectivity index (χ2n) is 7.34. The average molecular weight is 381 g/mol. The molecule has 1 saturated heterocycles. The molecule has 2 amide bonds. The smallest absolute Gasteiger partial charge is 0.317 e. The zero-order valence-electron chi connectivity index (χ0n) is 14.6. The quantitative estimate of drug-likeness (QED) is 0.749. The number of carbonyl (C=O) groups excluding carboxylic acids is 1. The number of hydrogen-bond acceptors (Lipinski definition) is 3. The highest BCUT2D eigenvalue weighted by Gasteiger charge is 2.36. The van der Waals surface area contributed by atoms with Gasteiger partial charge >= 0.3 is 12.0 Å². The van der Waals surface area contributed by atoms with Crippen molar-refractivity contribution >= 4 is 23.6 Å². The Morgan fingerprint density at radius 3 is 2.35 bits per heavy atom. The van der Waals surface area contributed by atoms with Crippen LogP contribution >= 0.6 is 11.6 Å². The number of aliphatic hydroxyl groups excluding tert-OH is 1. The number of benzene rings is 1. The van der Waals surface area contributed by atoms with Crippen molar-refractivity contribution in [3.63, 3.8) is 0 Å². The van der Waals surface area contributed by atoms with E-state index in [4.69, 9.17) is 16.7 Å². The summed E-state index contributed by atoms with van der Waals surface area (Å²) in [4.78, 5) is 25.4. The van der Waals surface area contributed by atoms with Crippen LogP contribution in [0.5, 0.6) is 0 Å². The van der Waals surface area contributed by atoms with Crippen LogP contribution in [0, 0.1) is 11.8 Å². The van der Waals surface area contributed by atoms with Crippen molar-refractivity contribution in [3.8, 4) is 0 Å². The molecule has 0 radical (unpaired) electrons. The lowest BCUT2D eigenvalue weighted by Crippen LogP contribution is -2.45. The fourth-order valence-electron chi connectivity index (χ4n) is 4.06. The monoisotopic (exact) mass is 380 g/mol. The molecule has 26 heavy (non-hydrogen) atoms. The van der Waals surface area contributed by atoms with E-state index in [0.717, 1.165) is 5.56 Å². The molecule has 1 aromatic rings. The molecule has 2 fully saturated rings. The van der Waals surface area contributed by atoms with Crippen molar-refractivity contribution in [2.24, 2.45) is 11.8 Å². The first-order chi connectivity index (χ1) is 12.5. The molecule has 0 aromatic heterocycles. The van der Waals surface area contributed by atoms with Gasteiger partial charge < -0.3 is 20.4 Å². The molecule has 2 aliphatic rings. The maximum absolute atomic E-state index is 12.6. The minimum Gasteiger partial charge on any atom is -0.481 e. The van der Waals surface area contributed by atoms with Gasteiger partial charge in [0.15, 0.2) is 0 Å². The number of aliphatic hydroxyl groups is 1. The summed E-state index contributed by atoms with van der Waals surface area (Å²) < 4.78 is 0. The van der Waals surface area contributed by atoms with E-state index in [1.807, 2.05) is 24.3 Å². The molecule has 1 aromatic carbocycles. The Labute approximate surface area is 158 Å². The summed E-state index contributed by atoms with van der Waals surface area (Å²) in [7, 11) is 0. The second kappa shape index (κ2) is 8.27. The molecule has 7 heteroatoms.